The number of para-hydroxylation sites is 3. The molecule has 12 nitrogen and oxygen atoms in total. The lowest BCUT2D eigenvalue weighted by Gasteiger charge is -2.26. The largest absolute Gasteiger partial charge is 0.490 e. The predicted molar refractivity (Wildman–Crippen MR) is 219 cm³/mol. The fourth-order valence-electron chi connectivity index (χ4n) is 6.73. The number of aliphatic hydroxyl groups excluding tert-OH is 1. The van der Waals surface area contributed by atoms with Gasteiger partial charge in [0.15, 0.2) is 6.10 Å². The predicted octanol–water partition coefficient (Wildman–Crippen LogP) is 8.52. The van der Waals surface area contributed by atoms with E-state index < -0.39 is 30.2 Å². The molecule has 15 heteroatoms. The summed E-state index contributed by atoms with van der Waals surface area (Å²) in [6.45, 7) is 1.96. The monoisotopic (exact) mass is 798 g/mol. The van der Waals surface area contributed by atoms with Crippen LogP contribution in [-0.2, 0) is 23.1 Å². The molecule has 2 atom stereocenters. The van der Waals surface area contributed by atoms with Crippen LogP contribution in [-0.4, -0.2) is 63.4 Å². The van der Waals surface area contributed by atoms with Crippen LogP contribution >= 0.6 is 0 Å². The number of halogens is 3. The summed E-state index contributed by atoms with van der Waals surface area (Å²) < 4.78 is 35.8. The molecule has 0 radical (unpaired) electrons. The molecule has 8 aromatic rings. The summed E-state index contributed by atoms with van der Waals surface area (Å²) in [6.07, 6.45) is 1.08. The van der Waals surface area contributed by atoms with E-state index >= 15 is 0 Å². The lowest BCUT2D eigenvalue weighted by molar-refractivity contribution is -0.192. The van der Waals surface area contributed by atoms with Crippen LogP contribution < -0.4 is 10.6 Å². The Kier molecular flexibility index (Phi) is 11.5. The molecule has 0 aliphatic rings. The molecule has 0 saturated carbocycles. The molecule has 0 saturated heterocycles. The number of aromatic nitrogens is 6. The van der Waals surface area contributed by atoms with Gasteiger partial charge in [-0.1, -0.05) is 66.7 Å². The molecular weight excluding hydrogens is 762 g/mol. The van der Waals surface area contributed by atoms with Crippen LogP contribution in [0, 0.1) is 6.92 Å². The van der Waals surface area contributed by atoms with Crippen molar-refractivity contribution in [1.29, 1.82) is 0 Å². The molecule has 0 fully saturated rings. The first kappa shape index (κ1) is 39.8. The molecule has 4 heterocycles. The van der Waals surface area contributed by atoms with Crippen LogP contribution in [0.4, 0.5) is 30.5 Å². The van der Waals surface area contributed by atoms with Crippen molar-refractivity contribution >= 4 is 51.1 Å². The number of carboxylic acid groups (broad SMARTS) is 1. The van der Waals surface area contributed by atoms with E-state index in [0.29, 0.717) is 23.9 Å². The van der Waals surface area contributed by atoms with E-state index in [4.69, 9.17) is 14.9 Å². The third-order valence-corrected chi connectivity index (χ3v) is 9.59. The van der Waals surface area contributed by atoms with E-state index in [1.807, 2.05) is 122 Å². The van der Waals surface area contributed by atoms with Gasteiger partial charge < -0.3 is 30.0 Å². The molecule has 2 unspecified atom stereocenters. The van der Waals surface area contributed by atoms with Crippen LogP contribution in [0.25, 0.3) is 44.6 Å². The summed E-state index contributed by atoms with van der Waals surface area (Å²) in [5, 5.41) is 26.6. The summed E-state index contributed by atoms with van der Waals surface area (Å²) >= 11 is 0. The number of nitrogens with one attached hydrogen (secondary N) is 2. The third-order valence-electron chi connectivity index (χ3n) is 9.59. The number of hydrogen-bond acceptors (Lipinski definition) is 8. The number of carboxylic acids is 1. The fourth-order valence-corrected chi connectivity index (χ4v) is 6.73. The standard InChI is InChI=1S/C42H36N8O2.C2HF3O2/c1-27-18-19-30(24-35(27)48-42-44-22-20-33(47-42)29-13-10-21-43-25-29)45-41(52)39(51)38(23-28-11-4-3-5-12-28)50-37-17-9-7-15-34(37)46-40(50)32-26-49(2)36-16-8-6-14-31(32)36;3-2(4,5)1(6)7/h3-22,24-26,38-39,51H,23H2,1-2H3,(H,45,52)(H,44,47,48);(H,6,7). The van der Waals surface area contributed by atoms with Crippen LogP contribution in [0.5, 0.6) is 0 Å². The van der Waals surface area contributed by atoms with Crippen molar-refractivity contribution in [3.63, 3.8) is 0 Å². The molecule has 0 aliphatic heterocycles. The maximum absolute atomic E-state index is 14.1. The van der Waals surface area contributed by atoms with Crippen molar-refractivity contribution in [2.75, 3.05) is 10.6 Å². The summed E-state index contributed by atoms with van der Waals surface area (Å²) in [4.78, 5) is 41.4. The Hall–Kier alpha value is -7.39. The molecule has 0 bridgehead atoms. The number of amides is 1. The summed E-state index contributed by atoms with van der Waals surface area (Å²) in [6, 6.07) is 36.4. The van der Waals surface area contributed by atoms with Crippen LogP contribution in [0.15, 0.2) is 140 Å². The first-order valence-electron chi connectivity index (χ1n) is 18.3. The summed E-state index contributed by atoms with van der Waals surface area (Å²) in [5.41, 5.74) is 8.34. The zero-order chi connectivity index (χ0) is 41.7. The first-order valence-corrected chi connectivity index (χ1v) is 18.3. The Balaban J connectivity index is 0.000000694. The number of fused-ring (bicyclic) bond motifs is 2. The summed E-state index contributed by atoms with van der Waals surface area (Å²) in [7, 11) is 2.01. The van der Waals surface area contributed by atoms with E-state index in [1.165, 1.54) is 0 Å². The third kappa shape index (κ3) is 8.95. The topological polar surface area (TPSA) is 160 Å². The molecule has 0 aliphatic carbocycles. The highest BCUT2D eigenvalue weighted by molar-refractivity contribution is 5.98. The first-order chi connectivity index (χ1) is 28.4. The van der Waals surface area contributed by atoms with Gasteiger partial charge in [0.05, 0.1) is 22.8 Å². The SMILES string of the molecule is Cc1ccc(NC(=O)C(O)C(Cc2ccccc2)n2c(-c3cn(C)c4ccccc34)nc3ccccc32)cc1Nc1nccc(-c2cccnc2)n1.O=C(O)C(F)(F)F. The van der Waals surface area contributed by atoms with Crippen molar-refractivity contribution in [1.82, 2.24) is 29.1 Å². The van der Waals surface area contributed by atoms with E-state index in [0.717, 1.165) is 55.6 Å². The van der Waals surface area contributed by atoms with Gasteiger partial charge in [-0.3, -0.25) is 9.78 Å². The average Bonchev–Trinajstić information content (AvgIpc) is 3.79. The number of carbonyl (C=O) groups is 2. The van der Waals surface area contributed by atoms with E-state index in [-0.39, 0.29) is 0 Å². The van der Waals surface area contributed by atoms with Gasteiger partial charge in [-0.15, -0.1) is 0 Å². The highest BCUT2D eigenvalue weighted by atomic mass is 19.4. The minimum absolute atomic E-state index is 0.388. The van der Waals surface area contributed by atoms with Gasteiger partial charge in [-0.25, -0.2) is 19.7 Å². The average molecular weight is 799 g/mol. The number of carbonyl (C=O) groups excluding carboxylic acids is 1. The second-order valence-electron chi connectivity index (χ2n) is 13.6. The number of hydrogen-bond donors (Lipinski definition) is 4. The van der Waals surface area contributed by atoms with Gasteiger partial charge in [0.1, 0.15) is 5.82 Å². The minimum atomic E-state index is -5.08. The van der Waals surface area contributed by atoms with Crippen molar-refractivity contribution < 1.29 is 33.0 Å². The second kappa shape index (κ2) is 17.0. The van der Waals surface area contributed by atoms with Gasteiger partial charge in [-0.05, 0) is 73.0 Å². The van der Waals surface area contributed by atoms with Gasteiger partial charge in [-0.2, -0.15) is 13.2 Å². The minimum Gasteiger partial charge on any atom is -0.475 e. The van der Waals surface area contributed by atoms with Crippen molar-refractivity contribution in [3.05, 3.63) is 151 Å². The maximum atomic E-state index is 14.1. The van der Waals surface area contributed by atoms with E-state index in [1.54, 1.807) is 18.6 Å². The number of nitrogens with zero attached hydrogens (tertiary/aromatic N) is 6. The van der Waals surface area contributed by atoms with E-state index in [2.05, 4.69) is 48.5 Å². The zero-order valence-electron chi connectivity index (χ0n) is 31.7. The fraction of sp³-hybridized carbons (Fsp3) is 0.136. The van der Waals surface area contributed by atoms with Gasteiger partial charge >= 0.3 is 12.1 Å². The Morgan fingerprint density at radius 2 is 1.56 bits per heavy atom. The smallest absolute Gasteiger partial charge is 0.475 e. The Labute approximate surface area is 335 Å². The summed E-state index contributed by atoms with van der Waals surface area (Å²) in [5.74, 6) is -2.20. The second-order valence-corrected chi connectivity index (χ2v) is 13.6. The van der Waals surface area contributed by atoms with Gasteiger partial charge in [0.2, 0.25) is 5.95 Å². The molecule has 298 valence electrons. The van der Waals surface area contributed by atoms with Crippen LogP contribution in [0.1, 0.15) is 17.2 Å². The molecule has 4 N–H and O–H groups in total. The molecule has 4 aromatic carbocycles. The Bertz CT molecular complexity index is 2760. The molecular formula is C44H37F3N8O4. The van der Waals surface area contributed by atoms with Gasteiger partial charge in [0.25, 0.3) is 5.91 Å². The number of imidazole rings is 1. The molecule has 1 amide bonds. The number of aryl methyl sites for hydroxylation is 2. The quantitative estimate of drug-likeness (QED) is 0.106. The lowest BCUT2D eigenvalue weighted by atomic mass is 9.99. The van der Waals surface area contributed by atoms with Crippen molar-refractivity contribution in [3.8, 4) is 22.6 Å². The molecule has 8 rings (SSSR count). The number of anilines is 3. The molecule has 59 heavy (non-hydrogen) atoms. The highest BCUT2D eigenvalue weighted by Gasteiger charge is 2.38. The number of benzene rings is 4. The number of rotatable bonds is 10. The maximum Gasteiger partial charge on any atom is 0.490 e. The van der Waals surface area contributed by atoms with Crippen LogP contribution in [0.3, 0.4) is 0 Å². The highest BCUT2D eigenvalue weighted by Crippen LogP contribution is 2.36. The van der Waals surface area contributed by atoms with E-state index in [9.17, 15) is 23.1 Å². The molecule has 0 spiro atoms. The Morgan fingerprint density at radius 3 is 2.29 bits per heavy atom. The number of aliphatic carboxylic acids is 1. The normalized spacial score (nSPS) is 12.4. The Morgan fingerprint density at radius 1 is 0.847 bits per heavy atom. The van der Waals surface area contributed by atoms with Crippen LogP contribution in [0.2, 0.25) is 0 Å². The number of pyridine rings is 1. The molecule has 4 aromatic heterocycles. The zero-order valence-corrected chi connectivity index (χ0v) is 31.7. The van der Waals surface area contributed by atoms with Crippen molar-refractivity contribution in [2.24, 2.45) is 7.05 Å². The lowest BCUT2D eigenvalue weighted by Crippen LogP contribution is -2.37. The number of aliphatic hydroxyl groups is 1. The van der Waals surface area contributed by atoms with Crippen molar-refractivity contribution in [2.45, 2.75) is 31.7 Å². The van der Waals surface area contributed by atoms with Gasteiger partial charge in [0, 0.05) is 65.2 Å². The number of alkyl halides is 3.